The van der Waals surface area contributed by atoms with Crippen LogP contribution in [0.5, 0.6) is 0 Å². The van der Waals surface area contributed by atoms with Crippen molar-refractivity contribution in [3.05, 3.63) is 35.3 Å². The fourth-order valence-electron chi connectivity index (χ4n) is 6.02. The number of aromatic nitrogens is 2. The molecule has 4 saturated carbocycles. The Balaban J connectivity index is 1.17. The van der Waals surface area contributed by atoms with E-state index in [-0.39, 0.29) is 29.2 Å². The van der Waals surface area contributed by atoms with Crippen LogP contribution in [0, 0.1) is 17.8 Å². The highest BCUT2D eigenvalue weighted by molar-refractivity contribution is 7.89. The normalized spacial score (nSPS) is 29.8. The number of anilines is 1. The van der Waals surface area contributed by atoms with Crippen LogP contribution < -0.4 is 10.0 Å². The van der Waals surface area contributed by atoms with Crippen LogP contribution in [-0.2, 0) is 20.2 Å². The number of benzene rings is 1. The van der Waals surface area contributed by atoms with Crippen molar-refractivity contribution in [1.29, 1.82) is 0 Å². The first-order valence-corrected chi connectivity index (χ1v) is 12.9. The number of hydrogen-bond donors (Lipinski definition) is 2. The van der Waals surface area contributed by atoms with E-state index in [4.69, 9.17) is 0 Å². The van der Waals surface area contributed by atoms with Crippen molar-refractivity contribution in [1.82, 2.24) is 14.9 Å². The van der Waals surface area contributed by atoms with Crippen LogP contribution in [-0.4, -0.2) is 31.1 Å². The van der Waals surface area contributed by atoms with Gasteiger partial charge in [0.2, 0.25) is 21.1 Å². The molecule has 30 heavy (non-hydrogen) atoms. The van der Waals surface area contributed by atoms with Gasteiger partial charge in [-0.1, -0.05) is 29.5 Å². The summed E-state index contributed by atoms with van der Waals surface area (Å²) < 4.78 is 26.9. The molecule has 0 saturated heterocycles. The fraction of sp³-hybridized carbons (Fsp3) is 0.571. The number of sulfonamides is 1. The number of carbonyl (C=O) groups is 1. The Kier molecular flexibility index (Phi) is 5.15. The van der Waals surface area contributed by atoms with Gasteiger partial charge < -0.3 is 5.32 Å². The highest BCUT2D eigenvalue weighted by Gasteiger charge is 2.53. The van der Waals surface area contributed by atoms with Gasteiger partial charge in [-0.15, -0.1) is 10.2 Å². The Morgan fingerprint density at radius 1 is 1.03 bits per heavy atom. The molecule has 2 N–H and O–H groups in total. The first-order chi connectivity index (χ1) is 14.4. The maximum Gasteiger partial charge on any atom is 0.240 e. The van der Waals surface area contributed by atoms with E-state index in [0.29, 0.717) is 5.13 Å². The van der Waals surface area contributed by atoms with Crippen LogP contribution >= 0.6 is 11.3 Å². The largest absolute Gasteiger partial charge is 0.300 e. The number of rotatable bonds is 7. The molecule has 0 spiro atoms. The molecule has 0 radical (unpaired) electrons. The van der Waals surface area contributed by atoms with Gasteiger partial charge in [0.25, 0.3) is 0 Å². The van der Waals surface area contributed by atoms with Crippen molar-refractivity contribution >= 4 is 32.4 Å². The standard InChI is InChI=1S/C21H26N4O3S2/c26-18(6-7-22-30(27,28)17-4-2-1-3-5-17)23-20-25-24-19(29-20)21-11-14-8-15(12-21)10-16(9-14)13-21/h1-5,14-16,22H,6-13H2,(H,23,25,26). The van der Waals surface area contributed by atoms with Gasteiger partial charge in [0.1, 0.15) is 5.01 Å². The zero-order valence-corrected chi connectivity index (χ0v) is 18.3. The molecule has 9 heteroatoms. The van der Waals surface area contributed by atoms with Gasteiger partial charge in [-0.25, -0.2) is 13.1 Å². The Labute approximate surface area is 180 Å². The first kappa shape index (κ1) is 20.1. The van der Waals surface area contributed by atoms with E-state index in [1.807, 2.05) is 0 Å². The van der Waals surface area contributed by atoms with Crippen molar-refractivity contribution < 1.29 is 13.2 Å². The van der Waals surface area contributed by atoms with Crippen molar-refractivity contribution in [2.75, 3.05) is 11.9 Å². The summed E-state index contributed by atoms with van der Waals surface area (Å²) >= 11 is 1.49. The predicted molar refractivity (Wildman–Crippen MR) is 115 cm³/mol. The number of amides is 1. The maximum absolute atomic E-state index is 12.3. The lowest BCUT2D eigenvalue weighted by atomic mass is 9.50. The van der Waals surface area contributed by atoms with E-state index in [0.717, 1.165) is 22.8 Å². The number of carbonyl (C=O) groups excluding carboxylic acids is 1. The molecule has 0 unspecified atom stereocenters. The van der Waals surface area contributed by atoms with E-state index >= 15 is 0 Å². The molecule has 1 aromatic carbocycles. The molecule has 4 aliphatic rings. The average molecular weight is 447 g/mol. The monoisotopic (exact) mass is 446 g/mol. The van der Waals surface area contributed by atoms with Crippen molar-refractivity contribution in [3.8, 4) is 0 Å². The van der Waals surface area contributed by atoms with Crippen LogP contribution in [0.25, 0.3) is 0 Å². The summed E-state index contributed by atoms with van der Waals surface area (Å²) in [5.41, 5.74) is 0.167. The van der Waals surface area contributed by atoms with Gasteiger partial charge in [-0.2, -0.15) is 0 Å². The highest BCUT2D eigenvalue weighted by atomic mass is 32.2. The molecular weight excluding hydrogens is 420 g/mol. The summed E-state index contributed by atoms with van der Waals surface area (Å²) in [6, 6.07) is 8.13. The first-order valence-electron chi connectivity index (χ1n) is 10.6. The molecule has 4 fully saturated rings. The van der Waals surface area contributed by atoms with Gasteiger partial charge in [0, 0.05) is 18.4 Å². The summed E-state index contributed by atoms with van der Waals surface area (Å²) in [6.45, 7) is 0.0314. The van der Waals surface area contributed by atoms with Gasteiger partial charge in [0.15, 0.2) is 0 Å². The lowest BCUT2D eigenvalue weighted by Crippen LogP contribution is -2.48. The van der Waals surface area contributed by atoms with E-state index in [2.05, 4.69) is 20.2 Å². The summed E-state index contributed by atoms with van der Waals surface area (Å²) in [5.74, 6) is 2.22. The third-order valence-corrected chi connectivity index (χ3v) is 9.42. The number of hydrogen-bond acceptors (Lipinski definition) is 6. The summed E-state index contributed by atoms with van der Waals surface area (Å²) in [6.07, 6.45) is 7.80. The molecule has 0 aliphatic heterocycles. The second-order valence-electron chi connectivity index (χ2n) is 9.12. The van der Waals surface area contributed by atoms with E-state index < -0.39 is 10.0 Å². The van der Waals surface area contributed by atoms with Crippen LogP contribution in [0.1, 0.15) is 50.0 Å². The fourth-order valence-corrected chi connectivity index (χ4v) is 8.06. The maximum atomic E-state index is 12.3. The molecule has 6 rings (SSSR count). The van der Waals surface area contributed by atoms with E-state index in [9.17, 15) is 13.2 Å². The topological polar surface area (TPSA) is 101 Å². The Hall–Kier alpha value is -1.84. The lowest BCUT2D eigenvalue weighted by molar-refractivity contribution is -0.116. The summed E-state index contributed by atoms with van der Waals surface area (Å²) in [7, 11) is -3.61. The molecule has 160 valence electrons. The molecule has 4 aliphatic carbocycles. The Morgan fingerprint density at radius 3 is 2.30 bits per heavy atom. The van der Waals surface area contributed by atoms with Crippen LogP contribution in [0.15, 0.2) is 35.2 Å². The quantitative estimate of drug-likeness (QED) is 0.679. The molecular formula is C21H26N4O3S2. The number of nitrogens with zero attached hydrogens (tertiary/aromatic N) is 2. The molecule has 1 aromatic heterocycles. The average Bonchev–Trinajstić information content (AvgIpc) is 3.17. The van der Waals surface area contributed by atoms with Crippen molar-refractivity contribution in [3.63, 3.8) is 0 Å². The van der Waals surface area contributed by atoms with Crippen molar-refractivity contribution in [2.45, 2.75) is 55.3 Å². The second kappa shape index (κ2) is 7.69. The van der Waals surface area contributed by atoms with E-state index in [1.54, 1.807) is 18.2 Å². The van der Waals surface area contributed by atoms with Crippen LogP contribution in [0.3, 0.4) is 0 Å². The minimum atomic E-state index is -3.61. The molecule has 4 bridgehead atoms. The molecule has 7 nitrogen and oxygen atoms in total. The molecule has 1 amide bonds. The highest BCUT2D eigenvalue weighted by Crippen LogP contribution is 2.61. The zero-order valence-electron chi connectivity index (χ0n) is 16.7. The van der Waals surface area contributed by atoms with Crippen LogP contribution in [0.4, 0.5) is 5.13 Å². The third kappa shape index (κ3) is 3.90. The third-order valence-electron chi connectivity index (χ3n) is 6.86. The Morgan fingerprint density at radius 2 is 1.67 bits per heavy atom. The predicted octanol–water partition coefficient (Wildman–Crippen LogP) is 3.31. The second-order valence-corrected chi connectivity index (χ2v) is 11.9. The number of nitrogens with one attached hydrogen (secondary N) is 2. The van der Waals surface area contributed by atoms with E-state index in [1.165, 1.54) is 62.0 Å². The smallest absolute Gasteiger partial charge is 0.240 e. The zero-order chi connectivity index (χ0) is 20.8. The lowest BCUT2D eigenvalue weighted by Gasteiger charge is -2.55. The Bertz CT molecular complexity index is 1000. The minimum absolute atomic E-state index is 0.0314. The minimum Gasteiger partial charge on any atom is -0.300 e. The van der Waals surface area contributed by atoms with Gasteiger partial charge in [-0.05, 0) is 68.4 Å². The SMILES string of the molecule is O=C(CCNS(=O)(=O)c1ccccc1)Nc1nnc(C23CC4CC(CC(C4)C2)C3)s1. The van der Waals surface area contributed by atoms with Gasteiger partial charge >= 0.3 is 0 Å². The summed E-state index contributed by atoms with van der Waals surface area (Å²) in [5, 5.41) is 13.0. The van der Waals surface area contributed by atoms with Crippen molar-refractivity contribution in [2.24, 2.45) is 17.8 Å². The van der Waals surface area contributed by atoms with Gasteiger partial charge in [-0.3, -0.25) is 4.79 Å². The molecule has 1 heterocycles. The molecule has 0 atom stereocenters. The molecule has 2 aromatic rings. The van der Waals surface area contributed by atoms with Crippen LogP contribution in [0.2, 0.25) is 0 Å². The summed E-state index contributed by atoms with van der Waals surface area (Å²) in [4.78, 5) is 12.5. The van der Waals surface area contributed by atoms with Gasteiger partial charge in [0.05, 0.1) is 4.90 Å².